The first-order chi connectivity index (χ1) is 17.5. The van der Waals surface area contributed by atoms with Crippen molar-refractivity contribution in [1.82, 2.24) is 20.2 Å². The average molecular weight is 485 g/mol. The number of rotatable bonds is 8. The van der Waals surface area contributed by atoms with Crippen molar-refractivity contribution < 1.29 is 14.3 Å². The molecule has 1 aliphatic carbocycles. The second-order valence-electron chi connectivity index (χ2n) is 9.24. The summed E-state index contributed by atoms with van der Waals surface area (Å²) in [6.07, 6.45) is 4.21. The number of benzene rings is 3. The summed E-state index contributed by atoms with van der Waals surface area (Å²) >= 11 is 0. The number of aliphatic hydroxyl groups is 1. The van der Waals surface area contributed by atoms with Gasteiger partial charge in [-0.1, -0.05) is 54.6 Å². The van der Waals surface area contributed by atoms with Crippen LogP contribution in [0.1, 0.15) is 38.8 Å². The van der Waals surface area contributed by atoms with E-state index < -0.39 is 23.9 Å². The number of imidazole rings is 1. The summed E-state index contributed by atoms with van der Waals surface area (Å²) in [6, 6.07) is 19.5. The van der Waals surface area contributed by atoms with E-state index in [0.29, 0.717) is 18.5 Å². The van der Waals surface area contributed by atoms with Crippen LogP contribution >= 0.6 is 0 Å². The monoisotopic (exact) mass is 484 g/mol. The van der Waals surface area contributed by atoms with Crippen molar-refractivity contribution in [2.24, 2.45) is 7.05 Å². The van der Waals surface area contributed by atoms with Gasteiger partial charge in [-0.3, -0.25) is 4.79 Å². The first kappa shape index (κ1) is 23.9. The molecule has 0 bridgehead atoms. The molecule has 1 amide bonds. The number of halogens is 1. The number of aryl methyl sites for hydroxylation is 1. The van der Waals surface area contributed by atoms with E-state index in [0.717, 1.165) is 40.9 Å². The highest BCUT2D eigenvalue weighted by Gasteiger charge is 2.33. The van der Waals surface area contributed by atoms with Gasteiger partial charge in [0, 0.05) is 44.9 Å². The van der Waals surface area contributed by atoms with Crippen LogP contribution in [-0.2, 0) is 26.4 Å². The molecule has 6 nitrogen and oxygen atoms in total. The van der Waals surface area contributed by atoms with Crippen molar-refractivity contribution in [3.63, 3.8) is 0 Å². The molecule has 3 aromatic carbocycles. The lowest BCUT2D eigenvalue weighted by molar-refractivity contribution is 0.0854. The first-order valence-electron chi connectivity index (χ1n) is 12.1. The predicted molar refractivity (Wildman–Crippen MR) is 137 cm³/mol. The van der Waals surface area contributed by atoms with Crippen LogP contribution in [0.4, 0.5) is 4.39 Å². The highest BCUT2D eigenvalue weighted by Crippen LogP contribution is 2.33. The maximum Gasteiger partial charge on any atom is 0.254 e. The SMILES string of the molecule is Cn1cncc1CCNCc1ccc2c(c1)[C@@H](NC(=O)c1ccc(-c3ccccc3)cc1F)[C@H](O)C2. The molecule has 0 saturated carbocycles. The largest absolute Gasteiger partial charge is 0.390 e. The Labute approximate surface area is 209 Å². The number of aliphatic hydroxyl groups excluding tert-OH is 1. The Morgan fingerprint density at radius 1 is 1.11 bits per heavy atom. The van der Waals surface area contributed by atoms with E-state index in [1.54, 1.807) is 12.4 Å². The summed E-state index contributed by atoms with van der Waals surface area (Å²) in [5.74, 6) is -1.13. The van der Waals surface area contributed by atoms with Gasteiger partial charge in [-0.2, -0.15) is 0 Å². The third-order valence-corrected chi connectivity index (χ3v) is 6.77. The molecule has 36 heavy (non-hydrogen) atoms. The Hall–Kier alpha value is -3.81. The molecule has 0 unspecified atom stereocenters. The highest BCUT2D eigenvalue weighted by atomic mass is 19.1. The van der Waals surface area contributed by atoms with Gasteiger partial charge in [-0.25, -0.2) is 9.37 Å². The van der Waals surface area contributed by atoms with Gasteiger partial charge < -0.3 is 20.3 Å². The zero-order chi connectivity index (χ0) is 25.1. The molecular formula is C29H29FN4O2. The Kier molecular flexibility index (Phi) is 6.93. The van der Waals surface area contributed by atoms with Gasteiger partial charge in [0.05, 0.1) is 24.0 Å². The highest BCUT2D eigenvalue weighted by molar-refractivity contribution is 5.95. The Balaban J connectivity index is 1.25. The minimum atomic E-state index is -0.761. The van der Waals surface area contributed by atoms with Crippen molar-refractivity contribution in [3.05, 3.63) is 113 Å². The number of hydrogen-bond acceptors (Lipinski definition) is 4. The number of aromatic nitrogens is 2. The van der Waals surface area contributed by atoms with Gasteiger partial charge >= 0.3 is 0 Å². The van der Waals surface area contributed by atoms with Crippen LogP contribution < -0.4 is 10.6 Å². The minimum absolute atomic E-state index is 0.0386. The quantitative estimate of drug-likeness (QED) is 0.331. The molecule has 7 heteroatoms. The standard InChI is InChI=1S/C29H29FN4O2/c1-34-18-32-17-23(34)11-12-31-16-19-7-8-22-15-27(35)28(25(22)13-19)33-29(36)24-10-9-21(14-26(24)30)20-5-3-2-4-6-20/h2-10,13-14,17-18,27-28,31,35H,11-12,15-16H2,1H3,(H,33,36)/t27-,28-/m1/s1. The number of hydrogen-bond donors (Lipinski definition) is 3. The fraction of sp³-hybridized carbons (Fsp3) is 0.241. The van der Waals surface area contributed by atoms with Crippen LogP contribution in [0.2, 0.25) is 0 Å². The topological polar surface area (TPSA) is 79.2 Å². The van der Waals surface area contributed by atoms with Crippen molar-refractivity contribution in [3.8, 4) is 11.1 Å². The molecule has 5 rings (SSSR count). The Morgan fingerprint density at radius 3 is 2.69 bits per heavy atom. The molecule has 184 valence electrons. The van der Waals surface area contributed by atoms with Gasteiger partial charge in [-0.05, 0) is 39.9 Å². The Morgan fingerprint density at radius 2 is 1.94 bits per heavy atom. The van der Waals surface area contributed by atoms with Crippen molar-refractivity contribution >= 4 is 5.91 Å². The number of nitrogens with one attached hydrogen (secondary N) is 2. The smallest absolute Gasteiger partial charge is 0.254 e. The third-order valence-electron chi connectivity index (χ3n) is 6.77. The van der Waals surface area contributed by atoms with Crippen molar-refractivity contribution in [1.29, 1.82) is 0 Å². The molecule has 0 spiro atoms. The van der Waals surface area contributed by atoms with Crippen LogP contribution in [0.15, 0.2) is 79.3 Å². The molecule has 1 aliphatic rings. The van der Waals surface area contributed by atoms with Crippen LogP contribution in [-0.4, -0.2) is 33.2 Å². The number of fused-ring (bicyclic) bond motifs is 1. The summed E-state index contributed by atoms with van der Waals surface area (Å²) in [6.45, 7) is 1.47. The molecule has 2 atom stereocenters. The number of carbonyl (C=O) groups excluding carboxylic acids is 1. The zero-order valence-electron chi connectivity index (χ0n) is 20.1. The van der Waals surface area contributed by atoms with E-state index in [-0.39, 0.29) is 5.56 Å². The molecule has 0 aliphatic heterocycles. The van der Waals surface area contributed by atoms with E-state index in [9.17, 15) is 14.3 Å². The Bertz CT molecular complexity index is 1370. The average Bonchev–Trinajstić information content (AvgIpc) is 3.43. The fourth-order valence-corrected chi connectivity index (χ4v) is 4.76. The fourth-order valence-electron chi connectivity index (χ4n) is 4.76. The summed E-state index contributed by atoms with van der Waals surface area (Å²) in [5, 5.41) is 17.0. The van der Waals surface area contributed by atoms with Crippen molar-refractivity contribution in [2.75, 3.05) is 6.54 Å². The van der Waals surface area contributed by atoms with Crippen LogP contribution in [0.25, 0.3) is 11.1 Å². The van der Waals surface area contributed by atoms with E-state index in [4.69, 9.17) is 0 Å². The minimum Gasteiger partial charge on any atom is -0.390 e. The van der Waals surface area contributed by atoms with E-state index in [1.807, 2.05) is 66.3 Å². The zero-order valence-corrected chi connectivity index (χ0v) is 20.1. The molecule has 0 saturated heterocycles. The molecular weight excluding hydrogens is 455 g/mol. The lowest BCUT2D eigenvalue weighted by Crippen LogP contribution is -2.34. The lowest BCUT2D eigenvalue weighted by Gasteiger charge is -2.19. The molecule has 0 radical (unpaired) electrons. The lowest BCUT2D eigenvalue weighted by atomic mass is 10.0. The van der Waals surface area contributed by atoms with Gasteiger partial charge in [0.1, 0.15) is 5.82 Å². The molecule has 4 aromatic rings. The van der Waals surface area contributed by atoms with E-state index >= 15 is 0 Å². The second-order valence-corrected chi connectivity index (χ2v) is 9.24. The van der Waals surface area contributed by atoms with Gasteiger partial charge in [0.25, 0.3) is 5.91 Å². The second kappa shape index (κ2) is 10.4. The van der Waals surface area contributed by atoms with Crippen LogP contribution in [0.3, 0.4) is 0 Å². The number of carbonyl (C=O) groups is 1. The van der Waals surface area contributed by atoms with Gasteiger partial charge in [-0.15, -0.1) is 0 Å². The van der Waals surface area contributed by atoms with Gasteiger partial charge in [0.15, 0.2) is 0 Å². The third kappa shape index (κ3) is 5.08. The molecule has 0 fully saturated rings. The summed E-state index contributed by atoms with van der Waals surface area (Å²) in [4.78, 5) is 17.1. The molecule has 1 aromatic heterocycles. The van der Waals surface area contributed by atoms with E-state index in [2.05, 4.69) is 15.6 Å². The number of nitrogens with zero attached hydrogens (tertiary/aromatic N) is 2. The van der Waals surface area contributed by atoms with Crippen LogP contribution in [0, 0.1) is 5.82 Å². The predicted octanol–water partition coefficient (Wildman–Crippen LogP) is 3.95. The van der Waals surface area contributed by atoms with E-state index in [1.165, 1.54) is 12.1 Å². The maximum atomic E-state index is 14.9. The molecule has 3 N–H and O–H groups in total. The summed E-state index contributed by atoms with van der Waals surface area (Å²) < 4.78 is 16.9. The van der Waals surface area contributed by atoms with Crippen LogP contribution in [0.5, 0.6) is 0 Å². The van der Waals surface area contributed by atoms with Gasteiger partial charge in [0.2, 0.25) is 0 Å². The number of amides is 1. The molecule has 1 heterocycles. The summed E-state index contributed by atoms with van der Waals surface area (Å²) in [5.41, 5.74) is 5.64. The normalized spacial score (nSPS) is 16.6. The van der Waals surface area contributed by atoms with Crippen molar-refractivity contribution in [2.45, 2.75) is 31.5 Å². The summed E-state index contributed by atoms with van der Waals surface area (Å²) in [7, 11) is 1.98. The first-order valence-corrected chi connectivity index (χ1v) is 12.1. The maximum absolute atomic E-state index is 14.9.